The van der Waals surface area contributed by atoms with E-state index in [4.69, 9.17) is 0 Å². The second kappa shape index (κ2) is 9.55. The first-order valence-electron chi connectivity index (χ1n) is 7.46. The van der Waals surface area contributed by atoms with Crippen molar-refractivity contribution in [1.29, 1.82) is 0 Å². The number of benzene rings is 1. The summed E-state index contributed by atoms with van der Waals surface area (Å²) in [6.45, 7) is 4.95. The summed E-state index contributed by atoms with van der Waals surface area (Å²) in [6.07, 6.45) is 0.172. The molecule has 1 aromatic carbocycles. The molecule has 6 nitrogen and oxygen atoms in total. The first-order chi connectivity index (χ1) is 10.6. The largest absolute Gasteiger partial charge is 0.355 e. The van der Waals surface area contributed by atoms with E-state index in [2.05, 4.69) is 10.6 Å². The Bertz CT molecular complexity index is 503. The van der Waals surface area contributed by atoms with Crippen LogP contribution >= 0.6 is 0 Å². The number of amides is 3. The van der Waals surface area contributed by atoms with Crippen molar-refractivity contribution in [2.45, 2.75) is 20.3 Å². The molecule has 22 heavy (non-hydrogen) atoms. The maximum Gasteiger partial charge on any atom is 0.251 e. The van der Waals surface area contributed by atoms with Gasteiger partial charge in [-0.05, 0) is 26.0 Å². The van der Waals surface area contributed by atoms with Crippen LogP contribution in [0.25, 0.3) is 0 Å². The van der Waals surface area contributed by atoms with Gasteiger partial charge in [-0.3, -0.25) is 14.4 Å². The van der Waals surface area contributed by atoms with Gasteiger partial charge >= 0.3 is 0 Å². The van der Waals surface area contributed by atoms with Crippen LogP contribution in [-0.4, -0.2) is 48.8 Å². The van der Waals surface area contributed by atoms with Crippen molar-refractivity contribution >= 4 is 17.7 Å². The molecule has 2 N–H and O–H groups in total. The van der Waals surface area contributed by atoms with Crippen LogP contribution in [0.3, 0.4) is 0 Å². The lowest BCUT2D eigenvalue weighted by molar-refractivity contribution is -0.135. The van der Waals surface area contributed by atoms with Crippen LogP contribution in [0, 0.1) is 0 Å². The van der Waals surface area contributed by atoms with Gasteiger partial charge in [-0.25, -0.2) is 0 Å². The fourth-order valence-corrected chi connectivity index (χ4v) is 1.94. The van der Waals surface area contributed by atoms with E-state index in [1.165, 1.54) is 4.90 Å². The Morgan fingerprint density at radius 3 is 2.32 bits per heavy atom. The Morgan fingerprint density at radius 1 is 1.05 bits per heavy atom. The summed E-state index contributed by atoms with van der Waals surface area (Å²) in [4.78, 5) is 36.8. The summed E-state index contributed by atoms with van der Waals surface area (Å²) in [5.74, 6) is -0.534. The van der Waals surface area contributed by atoms with E-state index in [1.54, 1.807) is 24.3 Å². The Hall–Kier alpha value is -2.37. The standard InChI is InChI=1S/C16H23N3O3/c1-3-17-14(20)12-19(4-2)15(21)10-11-18-16(22)13-8-6-5-7-9-13/h5-9H,3-4,10-12H2,1-2H3,(H,17,20)(H,18,22). The minimum absolute atomic E-state index is 0.0514. The number of carbonyl (C=O) groups is 3. The minimum Gasteiger partial charge on any atom is -0.355 e. The van der Waals surface area contributed by atoms with Crippen molar-refractivity contribution in [2.75, 3.05) is 26.2 Å². The first-order valence-corrected chi connectivity index (χ1v) is 7.46. The lowest BCUT2D eigenvalue weighted by atomic mass is 10.2. The van der Waals surface area contributed by atoms with Gasteiger partial charge in [-0.15, -0.1) is 0 Å². The molecule has 3 amide bonds. The summed E-state index contributed by atoms with van der Waals surface area (Å²) < 4.78 is 0. The molecule has 0 saturated carbocycles. The number of rotatable bonds is 8. The fraction of sp³-hybridized carbons (Fsp3) is 0.438. The molecule has 6 heteroatoms. The molecule has 0 bridgehead atoms. The highest BCUT2D eigenvalue weighted by molar-refractivity contribution is 5.94. The quantitative estimate of drug-likeness (QED) is 0.745. The topological polar surface area (TPSA) is 78.5 Å². The second-order valence-electron chi connectivity index (χ2n) is 4.73. The average Bonchev–Trinajstić information content (AvgIpc) is 2.53. The number of nitrogens with one attached hydrogen (secondary N) is 2. The summed E-state index contributed by atoms with van der Waals surface area (Å²) in [7, 11) is 0. The third-order valence-electron chi connectivity index (χ3n) is 3.10. The molecule has 1 rings (SSSR count). The smallest absolute Gasteiger partial charge is 0.251 e. The van der Waals surface area contributed by atoms with E-state index in [9.17, 15) is 14.4 Å². The molecule has 0 aliphatic heterocycles. The second-order valence-corrected chi connectivity index (χ2v) is 4.73. The van der Waals surface area contributed by atoms with Crippen LogP contribution in [0.2, 0.25) is 0 Å². The van der Waals surface area contributed by atoms with Gasteiger partial charge in [0.1, 0.15) is 0 Å². The molecule has 0 aromatic heterocycles. The number of nitrogens with zero attached hydrogens (tertiary/aromatic N) is 1. The minimum atomic E-state index is -0.208. The molecule has 1 aromatic rings. The van der Waals surface area contributed by atoms with Crippen molar-refractivity contribution in [3.05, 3.63) is 35.9 Å². The number of hydrogen-bond acceptors (Lipinski definition) is 3. The first kappa shape index (κ1) is 17.7. The van der Waals surface area contributed by atoms with Gasteiger partial charge in [0.25, 0.3) is 5.91 Å². The highest BCUT2D eigenvalue weighted by Crippen LogP contribution is 1.98. The molecular weight excluding hydrogens is 282 g/mol. The molecule has 0 spiro atoms. The third kappa shape index (κ3) is 5.95. The molecule has 0 fully saturated rings. The predicted molar refractivity (Wildman–Crippen MR) is 84.3 cm³/mol. The number of carbonyl (C=O) groups excluding carboxylic acids is 3. The van der Waals surface area contributed by atoms with Gasteiger partial charge in [0, 0.05) is 31.6 Å². The van der Waals surface area contributed by atoms with Crippen molar-refractivity contribution < 1.29 is 14.4 Å². The molecular formula is C16H23N3O3. The van der Waals surface area contributed by atoms with Gasteiger partial charge in [0.15, 0.2) is 0 Å². The zero-order valence-corrected chi connectivity index (χ0v) is 13.1. The van der Waals surface area contributed by atoms with Crippen molar-refractivity contribution in [3.8, 4) is 0 Å². The molecule has 0 radical (unpaired) electrons. The molecule has 0 unspecified atom stereocenters. The normalized spacial score (nSPS) is 9.91. The van der Waals surface area contributed by atoms with E-state index in [0.717, 1.165) is 0 Å². The zero-order valence-electron chi connectivity index (χ0n) is 13.1. The van der Waals surface area contributed by atoms with E-state index in [0.29, 0.717) is 18.7 Å². The summed E-state index contributed by atoms with van der Waals surface area (Å²) in [5, 5.41) is 5.36. The van der Waals surface area contributed by atoms with E-state index in [1.807, 2.05) is 19.9 Å². The fourth-order valence-electron chi connectivity index (χ4n) is 1.94. The van der Waals surface area contributed by atoms with E-state index < -0.39 is 0 Å². The van der Waals surface area contributed by atoms with Crippen LogP contribution in [0.5, 0.6) is 0 Å². The average molecular weight is 305 g/mol. The van der Waals surface area contributed by atoms with Crippen molar-refractivity contribution in [3.63, 3.8) is 0 Å². The van der Waals surface area contributed by atoms with Crippen LogP contribution in [-0.2, 0) is 9.59 Å². The highest BCUT2D eigenvalue weighted by atomic mass is 16.2. The van der Waals surface area contributed by atoms with Crippen LogP contribution < -0.4 is 10.6 Å². The third-order valence-corrected chi connectivity index (χ3v) is 3.10. The molecule has 120 valence electrons. The Balaban J connectivity index is 2.37. The Kier molecular flexibility index (Phi) is 7.67. The molecule has 0 aliphatic carbocycles. The summed E-state index contributed by atoms with van der Waals surface area (Å²) in [5.41, 5.74) is 0.560. The number of hydrogen-bond donors (Lipinski definition) is 2. The number of likely N-dealkylation sites (N-methyl/N-ethyl adjacent to an activating group) is 2. The molecule has 0 atom stereocenters. The van der Waals surface area contributed by atoms with Crippen molar-refractivity contribution in [1.82, 2.24) is 15.5 Å². The zero-order chi connectivity index (χ0) is 16.4. The van der Waals surface area contributed by atoms with Gasteiger partial charge in [0.05, 0.1) is 6.54 Å². The Morgan fingerprint density at radius 2 is 1.73 bits per heavy atom. The van der Waals surface area contributed by atoms with Crippen LogP contribution in [0.1, 0.15) is 30.6 Å². The van der Waals surface area contributed by atoms with E-state index in [-0.39, 0.29) is 37.2 Å². The maximum absolute atomic E-state index is 12.0. The lowest BCUT2D eigenvalue weighted by Crippen LogP contribution is -2.41. The lowest BCUT2D eigenvalue weighted by Gasteiger charge is -2.20. The summed E-state index contributed by atoms with van der Waals surface area (Å²) in [6, 6.07) is 8.83. The van der Waals surface area contributed by atoms with Crippen molar-refractivity contribution in [2.24, 2.45) is 0 Å². The molecule has 0 saturated heterocycles. The van der Waals surface area contributed by atoms with Crippen LogP contribution in [0.15, 0.2) is 30.3 Å². The SMILES string of the molecule is CCNC(=O)CN(CC)C(=O)CCNC(=O)c1ccccc1. The molecule has 0 aliphatic rings. The van der Waals surface area contributed by atoms with Gasteiger partial charge in [-0.2, -0.15) is 0 Å². The maximum atomic E-state index is 12.0. The Labute approximate surface area is 130 Å². The van der Waals surface area contributed by atoms with Gasteiger partial charge in [0.2, 0.25) is 11.8 Å². The summed E-state index contributed by atoms with van der Waals surface area (Å²) >= 11 is 0. The highest BCUT2D eigenvalue weighted by Gasteiger charge is 2.15. The van der Waals surface area contributed by atoms with Crippen LogP contribution in [0.4, 0.5) is 0 Å². The van der Waals surface area contributed by atoms with E-state index >= 15 is 0 Å². The predicted octanol–water partition coefficient (Wildman–Crippen LogP) is 0.791. The van der Waals surface area contributed by atoms with Gasteiger partial charge in [-0.1, -0.05) is 18.2 Å². The van der Waals surface area contributed by atoms with Gasteiger partial charge < -0.3 is 15.5 Å². The monoisotopic (exact) mass is 305 g/mol. The molecule has 0 heterocycles.